The molecule has 0 saturated heterocycles. The molecule has 0 unspecified atom stereocenters. The van der Waals surface area contributed by atoms with Gasteiger partial charge in [0.25, 0.3) is 0 Å². The fourth-order valence-electron chi connectivity index (χ4n) is 1.33. The van der Waals surface area contributed by atoms with Crippen LogP contribution in [0.25, 0.3) is 0 Å². The molecule has 0 aliphatic heterocycles. The summed E-state index contributed by atoms with van der Waals surface area (Å²) in [6, 6.07) is 4.03. The maximum absolute atomic E-state index is 12.9. The minimum Gasteiger partial charge on any atom is -0.496 e. The van der Waals surface area contributed by atoms with E-state index < -0.39 is 0 Å². The van der Waals surface area contributed by atoms with Gasteiger partial charge in [-0.25, -0.2) is 4.39 Å². The topological polar surface area (TPSA) is 61.3 Å². The quantitative estimate of drug-likeness (QED) is 0.763. The molecule has 1 rings (SSSR count). The Morgan fingerprint density at radius 3 is 2.79 bits per heavy atom. The van der Waals surface area contributed by atoms with Gasteiger partial charge in [-0.3, -0.25) is 0 Å². The number of methoxy groups -OCH3 is 1. The van der Waals surface area contributed by atoms with Crippen LogP contribution in [-0.4, -0.2) is 13.7 Å². The molecule has 4 heteroatoms. The van der Waals surface area contributed by atoms with Gasteiger partial charge in [-0.2, -0.15) is 0 Å². The maximum Gasteiger partial charge on any atom is 0.123 e. The van der Waals surface area contributed by atoms with Gasteiger partial charge in [-0.15, -0.1) is 0 Å². The van der Waals surface area contributed by atoms with Crippen molar-refractivity contribution >= 4 is 0 Å². The predicted molar refractivity (Wildman–Crippen MR) is 53.6 cm³/mol. The third-order valence-electron chi connectivity index (χ3n) is 2.07. The number of nitrogens with two attached hydrogens (primary N) is 2. The summed E-state index contributed by atoms with van der Waals surface area (Å²) in [4.78, 5) is 0. The standard InChI is InChI=1S/C10H15FN2O/c1-14-10-3-2-7(11)6-8(10)9(13)4-5-12/h2-3,6,9H,4-5,12-13H2,1H3/t9-/m1/s1. The van der Waals surface area contributed by atoms with E-state index in [1.165, 1.54) is 19.2 Å². The smallest absolute Gasteiger partial charge is 0.123 e. The van der Waals surface area contributed by atoms with Crippen molar-refractivity contribution in [3.8, 4) is 5.75 Å². The van der Waals surface area contributed by atoms with Crippen molar-refractivity contribution in [2.24, 2.45) is 11.5 Å². The molecule has 1 aromatic rings. The summed E-state index contributed by atoms with van der Waals surface area (Å²) in [6.45, 7) is 0.473. The lowest BCUT2D eigenvalue weighted by Gasteiger charge is -2.14. The number of hydrogen-bond acceptors (Lipinski definition) is 3. The predicted octanol–water partition coefficient (Wildman–Crippen LogP) is 1.18. The monoisotopic (exact) mass is 198 g/mol. The average Bonchev–Trinajstić information content (AvgIpc) is 2.18. The Hall–Kier alpha value is -1.13. The molecule has 3 nitrogen and oxygen atoms in total. The fraction of sp³-hybridized carbons (Fsp3) is 0.400. The van der Waals surface area contributed by atoms with Gasteiger partial charge in [-0.05, 0) is 31.2 Å². The van der Waals surface area contributed by atoms with E-state index in [2.05, 4.69) is 0 Å². The molecule has 0 saturated carbocycles. The summed E-state index contributed by atoms with van der Waals surface area (Å²) in [5, 5.41) is 0. The van der Waals surface area contributed by atoms with E-state index in [0.29, 0.717) is 24.3 Å². The second kappa shape index (κ2) is 4.93. The second-order valence-electron chi connectivity index (χ2n) is 3.07. The third-order valence-corrected chi connectivity index (χ3v) is 2.07. The van der Waals surface area contributed by atoms with E-state index in [9.17, 15) is 4.39 Å². The van der Waals surface area contributed by atoms with Gasteiger partial charge < -0.3 is 16.2 Å². The number of benzene rings is 1. The molecule has 0 amide bonds. The number of ether oxygens (including phenoxy) is 1. The summed E-state index contributed by atoms with van der Waals surface area (Å²) in [5.74, 6) is 0.292. The maximum atomic E-state index is 12.9. The van der Waals surface area contributed by atoms with Crippen LogP contribution in [0.15, 0.2) is 18.2 Å². The van der Waals surface area contributed by atoms with Crippen molar-refractivity contribution in [2.45, 2.75) is 12.5 Å². The number of hydrogen-bond donors (Lipinski definition) is 2. The summed E-state index contributed by atoms with van der Waals surface area (Å²) < 4.78 is 18.0. The SMILES string of the molecule is COc1ccc(F)cc1[C@H](N)CCN. The van der Waals surface area contributed by atoms with Crippen LogP contribution < -0.4 is 16.2 Å². The Morgan fingerprint density at radius 1 is 1.50 bits per heavy atom. The molecular weight excluding hydrogens is 183 g/mol. The number of rotatable bonds is 4. The van der Waals surface area contributed by atoms with E-state index in [-0.39, 0.29) is 11.9 Å². The second-order valence-corrected chi connectivity index (χ2v) is 3.07. The third kappa shape index (κ3) is 2.43. The zero-order valence-electron chi connectivity index (χ0n) is 8.16. The minimum atomic E-state index is -0.312. The zero-order chi connectivity index (χ0) is 10.6. The zero-order valence-corrected chi connectivity index (χ0v) is 8.16. The normalized spacial score (nSPS) is 12.6. The Kier molecular flexibility index (Phi) is 3.85. The Labute approximate surface area is 82.9 Å². The van der Waals surface area contributed by atoms with Crippen molar-refractivity contribution in [1.82, 2.24) is 0 Å². The first-order valence-electron chi connectivity index (χ1n) is 4.48. The Bertz CT molecular complexity index is 304. The molecule has 0 heterocycles. The highest BCUT2D eigenvalue weighted by atomic mass is 19.1. The lowest BCUT2D eigenvalue weighted by molar-refractivity contribution is 0.403. The van der Waals surface area contributed by atoms with Gasteiger partial charge in [0.15, 0.2) is 0 Å². The fourth-order valence-corrected chi connectivity index (χ4v) is 1.33. The molecule has 0 aliphatic carbocycles. The molecule has 4 N–H and O–H groups in total. The summed E-state index contributed by atoms with van der Waals surface area (Å²) >= 11 is 0. The highest BCUT2D eigenvalue weighted by molar-refractivity contribution is 5.36. The van der Waals surface area contributed by atoms with Gasteiger partial charge in [0.2, 0.25) is 0 Å². The van der Waals surface area contributed by atoms with Crippen molar-refractivity contribution < 1.29 is 9.13 Å². The van der Waals surface area contributed by atoms with Crippen LogP contribution >= 0.6 is 0 Å². The molecule has 14 heavy (non-hydrogen) atoms. The van der Waals surface area contributed by atoms with E-state index in [1.54, 1.807) is 6.07 Å². The first-order chi connectivity index (χ1) is 6.69. The first-order valence-corrected chi connectivity index (χ1v) is 4.48. The molecule has 1 atom stereocenters. The largest absolute Gasteiger partial charge is 0.496 e. The molecular formula is C10H15FN2O. The van der Waals surface area contributed by atoms with E-state index in [0.717, 1.165) is 0 Å². The van der Waals surface area contributed by atoms with Gasteiger partial charge in [-0.1, -0.05) is 0 Å². The van der Waals surface area contributed by atoms with Gasteiger partial charge in [0, 0.05) is 11.6 Å². The van der Waals surface area contributed by atoms with Crippen LogP contribution in [0.4, 0.5) is 4.39 Å². The number of halogens is 1. The Morgan fingerprint density at radius 2 is 2.21 bits per heavy atom. The van der Waals surface area contributed by atoms with Crippen LogP contribution in [0.2, 0.25) is 0 Å². The molecule has 0 spiro atoms. The minimum absolute atomic E-state index is 0.273. The van der Waals surface area contributed by atoms with E-state index >= 15 is 0 Å². The van der Waals surface area contributed by atoms with Crippen molar-refractivity contribution in [3.05, 3.63) is 29.6 Å². The Balaban J connectivity index is 2.97. The summed E-state index contributed by atoms with van der Waals surface area (Å²) in [5.41, 5.74) is 11.9. The van der Waals surface area contributed by atoms with Crippen molar-refractivity contribution in [1.29, 1.82) is 0 Å². The van der Waals surface area contributed by atoms with Crippen LogP contribution in [0.1, 0.15) is 18.0 Å². The van der Waals surface area contributed by atoms with Gasteiger partial charge in [0.05, 0.1) is 7.11 Å². The average molecular weight is 198 g/mol. The molecule has 0 aliphatic rings. The molecule has 1 aromatic carbocycles. The van der Waals surface area contributed by atoms with Crippen LogP contribution in [0.5, 0.6) is 5.75 Å². The molecule has 78 valence electrons. The van der Waals surface area contributed by atoms with E-state index in [4.69, 9.17) is 16.2 Å². The molecule has 0 bridgehead atoms. The highest BCUT2D eigenvalue weighted by Gasteiger charge is 2.11. The lowest BCUT2D eigenvalue weighted by atomic mass is 10.0. The summed E-state index contributed by atoms with van der Waals surface area (Å²) in [7, 11) is 1.53. The molecule has 0 aromatic heterocycles. The van der Waals surface area contributed by atoms with Crippen LogP contribution in [0, 0.1) is 5.82 Å². The van der Waals surface area contributed by atoms with Crippen LogP contribution in [-0.2, 0) is 0 Å². The molecule has 0 radical (unpaired) electrons. The van der Waals surface area contributed by atoms with Gasteiger partial charge in [0.1, 0.15) is 11.6 Å². The summed E-state index contributed by atoms with van der Waals surface area (Å²) in [6.07, 6.45) is 0.611. The van der Waals surface area contributed by atoms with Gasteiger partial charge >= 0.3 is 0 Å². The van der Waals surface area contributed by atoms with Crippen molar-refractivity contribution in [3.63, 3.8) is 0 Å². The lowest BCUT2D eigenvalue weighted by Crippen LogP contribution is -2.16. The van der Waals surface area contributed by atoms with E-state index in [1.807, 2.05) is 0 Å². The van der Waals surface area contributed by atoms with Crippen molar-refractivity contribution in [2.75, 3.05) is 13.7 Å². The first kappa shape index (κ1) is 10.9. The molecule has 0 fully saturated rings. The highest BCUT2D eigenvalue weighted by Crippen LogP contribution is 2.25. The van der Waals surface area contributed by atoms with Crippen LogP contribution in [0.3, 0.4) is 0 Å².